The lowest BCUT2D eigenvalue weighted by atomic mass is 9.94. The first kappa shape index (κ1) is 9.40. The molecular weight excluding hydrogens is 196 g/mol. The Bertz CT molecular complexity index is 493. The van der Waals surface area contributed by atoms with Crippen LogP contribution in [0.5, 0.6) is 0 Å². The topological polar surface area (TPSA) is 16.1 Å². The number of hydrogen-bond donors (Lipinski definition) is 0. The molecule has 3 rings (SSSR count). The van der Waals surface area contributed by atoms with Gasteiger partial charge in [-0.3, -0.25) is 0 Å². The van der Waals surface area contributed by atoms with Gasteiger partial charge in [0.05, 0.1) is 0 Å². The molecule has 1 aromatic carbocycles. The molecule has 0 spiro atoms. The van der Waals surface area contributed by atoms with Crippen LogP contribution in [0.2, 0.25) is 0 Å². The zero-order valence-electron chi connectivity index (χ0n) is 9.30. The summed E-state index contributed by atoms with van der Waals surface area (Å²) in [6, 6.07) is 14.9. The molecule has 0 bridgehead atoms. The van der Waals surface area contributed by atoms with Crippen LogP contribution in [0.3, 0.4) is 0 Å². The Labute approximate surface area is 95.6 Å². The second-order valence-corrected chi connectivity index (χ2v) is 4.26. The van der Waals surface area contributed by atoms with E-state index in [4.69, 9.17) is 0 Å². The van der Waals surface area contributed by atoms with E-state index >= 15 is 0 Å². The van der Waals surface area contributed by atoms with Crippen LogP contribution < -0.4 is 4.90 Å². The minimum Gasteiger partial charge on any atom is -0.358 e. The highest BCUT2D eigenvalue weighted by Crippen LogP contribution is 2.37. The maximum Gasteiger partial charge on any atom is 0.132 e. The Morgan fingerprint density at radius 1 is 1.12 bits per heavy atom. The van der Waals surface area contributed by atoms with Crippen LogP contribution >= 0.6 is 0 Å². The molecule has 1 aromatic heterocycles. The number of rotatable bonds is 1. The maximum absolute atomic E-state index is 4.44. The van der Waals surface area contributed by atoms with E-state index in [1.54, 1.807) is 0 Å². The van der Waals surface area contributed by atoms with Gasteiger partial charge in [0, 0.05) is 31.3 Å². The highest BCUT2D eigenvalue weighted by molar-refractivity contribution is 5.57. The third-order valence-electron chi connectivity index (χ3n) is 3.21. The zero-order chi connectivity index (χ0) is 11.0. The van der Waals surface area contributed by atoms with Crippen molar-refractivity contribution in [3.8, 4) is 0 Å². The van der Waals surface area contributed by atoms with Gasteiger partial charge in [0.1, 0.15) is 5.82 Å². The van der Waals surface area contributed by atoms with Crippen molar-refractivity contribution in [3.63, 3.8) is 0 Å². The summed E-state index contributed by atoms with van der Waals surface area (Å²) in [4.78, 5) is 6.67. The van der Waals surface area contributed by atoms with Crippen molar-refractivity contribution in [3.05, 3.63) is 59.8 Å². The lowest BCUT2D eigenvalue weighted by Crippen LogP contribution is -2.16. The van der Waals surface area contributed by atoms with E-state index in [0.29, 0.717) is 5.92 Å². The predicted octanol–water partition coefficient (Wildman–Crippen LogP) is 2.66. The Balaban J connectivity index is 2.07. The number of benzene rings is 1. The summed E-state index contributed by atoms with van der Waals surface area (Å²) in [5.41, 5.74) is 2.72. The van der Waals surface area contributed by atoms with E-state index < -0.39 is 0 Å². The Kier molecular flexibility index (Phi) is 2.13. The second kappa shape index (κ2) is 3.63. The number of fused-ring (bicyclic) bond motifs is 1. The fourth-order valence-electron chi connectivity index (χ4n) is 2.43. The molecule has 1 aliphatic heterocycles. The molecule has 1 unspecified atom stereocenters. The molecule has 0 saturated heterocycles. The number of pyridine rings is 1. The first-order valence-electron chi connectivity index (χ1n) is 5.57. The minimum atomic E-state index is 0.467. The van der Waals surface area contributed by atoms with E-state index in [1.165, 1.54) is 11.1 Å². The van der Waals surface area contributed by atoms with Crippen LogP contribution in [0, 0.1) is 0 Å². The Hall–Kier alpha value is -1.83. The van der Waals surface area contributed by atoms with Gasteiger partial charge in [0.2, 0.25) is 0 Å². The standard InChI is InChI=1S/C14H14N2/c1-16-10-13(11-6-3-2-4-7-11)12-8-5-9-15-14(12)16/h2-9,13H,10H2,1H3. The number of anilines is 1. The van der Waals surface area contributed by atoms with Crippen LogP contribution in [-0.2, 0) is 0 Å². The van der Waals surface area contributed by atoms with Crippen molar-refractivity contribution in [2.75, 3.05) is 18.5 Å². The minimum absolute atomic E-state index is 0.467. The molecule has 2 nitrogen and oxygen atoms in total. The first-order valence-corrected chi connectivity index (χ1v) is 5.57. The van der Waals surface area contributed by atoms with Crippen LogP contribution in [0.15, 0.2) is 48.7 Å². The lowest BCUT2D eigenvalue weighted by Gasteiger charge is -2.12. The fraction of sp³-hybridized carbons (Fsp3) is 0.214. The van der Waals surface area contributed by atoms with Crippen molar-refractivity contribution in [1.82, 2.24) is 4.98 Å². The molecule has 0 fully saturated rings. The number of hydrogen-bond acceptors (Lipinski definition) is 2. The van der Waals surface area contributed by atoms with E-state index in [-0.39, 0.29) is 0 Å². The van der Waals surface area contributed by atoms with Gasteiger partial charge in [-0.05, 0) is 11.6 Å². The summed E-state index contributed by atoms with van der Waals surface area (Å²) in [5, 5.41) is 0. The van der Waals surface area contributed by atoms with Gasteiger partial charge >= 0.3 is 0 Å². The van der Waals surface area contributed by atoms with Crippen molar-refractivity contribution in [2.24, 2.45) is 0 Å². The SMILES string of the molecule is CN1CC(c2ccccc2)c2cccnc21. The summed E-state index contributed by atoms with van der Waals surface area (Å²) in [6.45, 7) is 1.02. The fourth-order valence-corrected chi connectivity index (χ4v) is 2.43. The van der Waals surface area contributed by atoms with Crippen molar-refractivity contribution < 1.29 is 0 Å². The molecule has 1 aliphatic rings. The van der Waals surface area contributed by atoms with Gasteiger partial charge in [-0.15, -0.1) is 0 Å². The van der Waals surface area contributed by atoms with Crippen LogP contribution in [0.25, 0.3) is 0 Å². The van der Waals surface area contributed by atoms with Crippen molar-refractivity contribution in [1.29, 1.82) is 0 Å². The smallest absolute Gasteiger partial charge is 0.132 e. The third kappa shape index (κ3) is 1.38. The summed E-state index contributed by atoms with van der Waals surface area (Å²) in [7, 11) is 2.11. The second-order valence-electron chi connectivity index (χ2n) is 4.26. The van der Waals surface area contributed by atoms with Gasteiger partial charge in [0.25, 0.3) is 0 Å². The Morgan fingerprint density at radius 2 is 1.94 bits per heavy atom. The number of aromatic nitrogens is 1. The van der Waals surface area contributed by atoms with Crippen LogP contribution in [-0.4, -0.2) is 18.6 Å². The average Bonchev–Trinajstić information content (AvgIpc) is 2.69. The van der Waals surface area contributed by atoms with Crippen LogP contribution in [0.4, 0.5) is 5.82 Å². The summed E-state index contributed by atoms with van der Waals surface area (Å²) in [5.74, 6) is 1.59. The summed E-state index contributed by atoms with van der Waals surface area (Å²) < 4.78 is 0. The summed E-state index contributed by atoms with van der Waals surface area (Å²) in [6.07, 6.45) is 1.86. The molecule has 0 amide bonds. The molecule has 16 heavy (non-hydrogen) atoms. The quantitative estimate of drug-likeness (QED) is 0.719. The van der Waals surface area contributed by atoms with Gasteiger partial charge in [-0.1, -0.05) is 36.4 Å². The van der Waals surface area contributed by atoms with Crippen LogP contribution in [0.1, 0.15) is 17.0 Å². The average molecular weight is 210 g/mol. The van der Waals surface area contributed by atoms with Gasteiger partial charge < -0.3 is 4.90 Å². The molecule has 2 aromatic rings. The molecule has 1 atom stereocenters. The number of likely N-dealkylation sites (N-methyl/N-ethyl adjacent to an activating group) is 1. The molecule has 0 saturated carbocycles. The van der Waals surface area contributed by atoms with E-state index in [2.05, 4.69) is 53.3 Å². The predicted molar refractivity (Wildman–Crippen MR) is 65.8 cm³/mol. The Morgan fingerprint density at radius 3 is 2.75 bits per heavy atom. The molecular formula is C14H14N2. The highest BCUT2D eigenvalue weighted by atomic mass is 15.2. The number of nitrogens with zero attached hydrogens (tertiary/aromatic N) is 2. The van der Waals surface area contributed by atoms with Gasteiger partial charge in [-0.25, -0.2) is 4.98 Å². The molecule has 0 aliphatic carbocycles. The maximum atomic E-state index is 4.44. The highest BCUT2D eigenvalue weighted by Gasteiger charge is 2.27. The molecule has 2 heterocycles. The third-order valence-corrected chi connectivity index (χ3v) is 3.21. The van der Waals surface area contributed by atoms with E-state index in [9.17, 15) is 0 Å². The summed E-state index contributed by atoms with van der Waals surface area (Å²) >= 11 is 0. The zero-order valence-corrected chi connectivity index (χ0v) is 9.30. The first-order chi connectivity index (χ1) is 7.86. The lowest BCUT2D eigenvalue weighted by molar-refractivity contribution is 0.836. The molecule has 2 heteroatoms. The molecule has 80 valence electrons. The van der Waals surface area contributed by atoms with Gasteiger partial charge in [-0.2, -0.15) is 0 Å². The van der Waals surface area contributed by atoms with Crippen molar-refractivity contribution >= 4 is 5.82 Å². The molecule has 0 radical (unpaired) electrons. The van der Waals surface area contributed by atoms with E-state index in [0.717, 1.165) is 12.4 Å². The monoisotopic (exact) mass is 210 g/mol. The largest absolute Gasteiger partial charge is 0.358 e. The van der Waals surface area contributed by atoms with Gasteiger partial charge in [0.15, 0.2) is 0 Å². The molecule has 0 N–H and O–H groups in total. The normalized spacial score (nSPS) is 18.6. The van der Waals surface area contributed by atoms with E-state index in [1.807, 2.05) is 12.3 Å². The van der Waals surface area contributed by atoms with Crippen molar-refractivity contribution in [2.45, 2.75) is 5.92 Å².